The molecular weight excluding hydrogens is 735 g/mol. The van der Waals surface area contributed by atoms with Crippen LogP contribution >= 0.6 is 0 Å². The molecule has 0 radical (unpaired) electrons. The van der Waals surface area contributed by atoms with Crippen molar-refractivity contribution in [2.75, 3.05) is 55.1 Å². The molecule has 1 amide bonds. The van der Waals surface area contributed by atoms with Gasteiger partial charge in [0.2, 0.25) is 0 Å². The van der Waals surface area contributed by atoms with Gasteiger partial charge in [0.25, 0.3) is 5.91 Å². The zero-order valence-electron chi connectivity index (χ0n) is 33.0. The van der Waals surface area contributed by atoms with Crippen LogP contribution in [-0.2, 0) is 9.53 Å². The molecule has 7 aromatic rings. The number of methoxy groups -OCH3 is 2. The van der Waals surface area contributed by atoms with Gasteiger partial charge in [0.05, 0.1) is 25.5 Å². The van der Waals surface area contributed by atoms with Gasteiger partial charge in [-0.05, 0) is 82.7 Å². The summed E-state index contributed by atoms with van der Waals surface area (Å²) in [6.45, 7) is 3.38. The first kappa shape index (κ1) is 37.3. The fraction of sp³-hybridized carbons (Fsp3) is 0.137. The largest absolute Gasteiger partial charge is 0.497 e. The van der Waals surface area contributed by atoms with Crippen LogP contribution in [-0.4, -0.2) is 58.4 Å². The molecule has 1 fully saturated rings. The van der Waals surface area contributed by atoms with Crippen LogP contribution in [0.5, 0.6) is 11.5 Å². The van der Waals surface area contributed by atoms with E-state index in [0.29, 0.717) is 22.7 Å². The highest BCUT2D eigenvalue weighted by molar-refractivity contribution is 6.14. The van der Waals surface area contributed by atoms with Gasteiger partial charge < -0.3 is 24.0 Å². The minimum Gasteiger partial charge on any atom is -0.497 e. The molecule has 2 aliphatic heterocycles. The van der Waals surface area contributed by atoms with Crippen LogP contribution in [0.3, 0.4) is 0 Å². The number of piperazine rings is 1. The molecule has 1 atom stereocenters. The Hall–Kier alpha value is -7.32. The number of ether oxygens (including phenoxy) is 3. The summed E-state index contributed by atoms with van der Waals surface area (Å²) in [6, 6.07) is 51.8. The van der Waals surface area contributed by atoms with Gasteiger partial charge in [-0.2, -0.15) is 0 Å². The van der Waals surface area contributed by atoms with Crippen molar-refractivity contribution in [3.8, 4) is 33.8 Å². The van der Waals surface area contributed by atoms with Gasteiger partial charge in [-0.25, -0.2) is 4.79 Å². The molecule has 0 aliphatic carbocycles. The zero-order valence-corrected chi connectivity index (χ0v) is 33.0. The van der Waals surface area contributed by atoms with Crippen molar-refractivity contribution in [3.05, 3.63) is 175 Å². The summed E-state index contributed by atoms with van der Waals surface area (Å²) in [4.78, 5) is 35.9. The number of hydrogen-bond donors (Lipinski definition) is 0. The second-order valence-corrected chi connectivity index (χ2v) is 14.6. The molecule has 7 aromatic carbocycles. The third-order valence-corrected chi connectivity index (χ3v) is 11.2. The molecule has 2 heterocycles. The normalized spacial score (nSPS) is 14.6. The highest BCUT2D eigenvalue weighted by Gasteiger charge is 2.34. The Balaban J connectivity index is 1.13. The number of carbonyl (C=O) groups is 2. The van der Waals surface area contributed by atoms with E-state index in [-0.39, 0.29) is 11.5 Å². The molecule has 2 aliphatic rings. The third kappa shape index (κ3) is 7.25. The monoisotopic (exact) mass is 777 g/mol. The summed E-state index contributed by atoms with van der Waals surface area (Å²) >= 11 is 0. The maximum atomic E-state index is 15.3. The van der Waals surface area contributed by atoms with E-state index in [0.717, 1.165) is 70.6 Å². The van der Waals surface area contributed by atoms with Crippen molar-refractivity contribution in [1.29, 1.82) is 0 Å². The second kappa shape index (κ2) is 16.3. The van der Waals surface area contributed by atoms with Crippen LogP contribution < -0.4 is 24.2 Å². The predicted octanol–water partition coefficient (Wildman–Crippen LogP) is 10.4. The van der Waals surface area contributed by atoms with Crippen LogP contribution in [0.1, 0.15) is 15.9 Å². The summed E-state index contributed by atoms with van der Waals surface area (Å²) in [7, 11) is 3.05. The van der Waals surface area contributed by atoms with Gasteiger partial charge in [0, 0.05) is 59.8 Å². The van der Waals surface area contributed by atoms with Crippen molar-refractivity contribution in [1.82, 2.24) is 0 Å². The summed E-state index contributed by atoms with van der Waals surface area (Å²) in [6.07, 6.45) is 2.74. The van der Waals surface area contributed by atoms with Crippen LogP contribution in [0, 0.1) is 0 Å². The number of carbonyl (C=O) groups excluding carboxylic acids is 2. The number of nitrogens with zero attached hydrogens (tertiary/aromatic N) is 3. The van der Waals surface area contributed by atoms with Gasteiger partial charge in [-0.15, -0.1) is 0 Å². The van der Waals surface area contributed by atoms with Crippen molar-refractivity contribution >= 4 is 51.5 Å². The first-order valence-electron chi connectivity index (χ1n) is 19.8. The van der Waals surface area contributed by atoms with Gasteiger partial charge >= 0.3 is 5.97 Å². The summed E-state index contributed by atoms with van der Waals surface area (Å²) in [5.74, 6) is 0.576. The minimum atomic E-state index is -0.988. The van der Waals surface area contributed by atoms with Crippen LogP contribution in [0.4, 0.5) is 22.7 Å². The van der Waals surface area contributed by atoms with Gasteiger partial charge in [-0.1, -0.05) is 109 Å². The van der Waals surface area contributed by atoms with E-state index in [1.54, 1.807) is 18.1 Å². The smallest absolute Gasteiger partial charge is 0.340 e. The molecular formula is C51H43N3O5. The number of fused-ring (bicyclic) bond motifs is 3. The summed E-state index contributed by atoms with van der Waals surface area (Å²) in [5.41, 5.74) is 7.62. The molecule has 8 heteroatoms. The molecule has 1 unspecified atom stereocenters. The van der Waals surface area contributed by atoms with E-state index < -0.39 is 12.1 Å². The maximum absolute atomic E-state index is 15.3. The Morgan fingerprint density at radius 1 is 0.644 bits per heavy atom. The molecule has 0 aromatic heterocycles. The SMILES string of the molecule is COC(=O)c1c(N(C(=O)C2C=Cc3ccc4ccccc4c3O2)c2ccc(N3CCN(c4ccc(OC)cc4)CC3)cc2)ccc(-c2ccccc2)c1-c1ccccc1. The lowest BCUT2D eigenvalue weighted by atomic mass is 9.88. The van der Waals surface area contributed by atoms with E-state index in [1.165, 1.54) is 12.8 Å². The standard InChI is InChI=1S/C51H43N3O5/c1-57-42-26-24-40(25-27-42)53-33-31-52(32-34-53)39-20-22-41(23-21-39)54(50(55)46-30-19-38-18-17-36-13-9-10-16-44(36)49(38)59-46)45-29-28-43(35-11-5-3-6-12-35)47(48(45)51(56)58-2)37-14-7-4-8-15-37/h3-30,46H,31-34H2,1-2H3. The second-order valence-electron chi connectivity index (χ2n) is 14.6. The minimum absolute atomic E-state index is 0.276. The van der Waals surface area contributed by atoms with E-state index in [2.05, 4.69) is 28.0 Å². The van der Waals surface area contributed by atoms with Gasteiger partial charge in [0.1, 0.15) is 11.5 Å². The van der Waals surface area contributed by atoms with Crippen molar-refractivity contribution in [2.45, 2.75) is 6.10 Å². The first-order chi connectivity index (χ1) is 29.0. The highest BCUT2D eigenvalue weighted by Crippen LogP contribution is 2.44. The zero-order chi connectivity index (χ0) is 40.3. The van der Waals surface area contributed by atoms with Crippen molar-refractivity contribution < 1.29 is 23.8 Å². The molecule has 9 rings (SSSR count). The van der Waals surface area contributed by atoms with Crippen LogP contribution in [0.2, 0.25) is 0 Å². The Bertz CT molecular complexity index is 2650. The number of amides is 1. The molecule has 0 saturated carbocycles. The van der Waals surface area contributed by atoms with Gasteiger partial charge in [0.15, 0.2) is 6.10 Å². The van der Waals surface area contributed by atoms with Crippen molar-refractivity contribution in [3.63, 3.8) is 0 Å². The molecule has 59 heavy (non-hydrogen) atoms. The lowest BCUT2D eigenvalue weighted by Crippen LogP contribution is -2.46. The summed E-state index contributed by atoms with van der Waals surface area (Å²) < 4.78 is 17.5. The predicted molar refractivity (Wildman–Crippen MR) is 237 cm³/mol. The Morgan fingerprint density at radius 2 is 1.25 bits per heavy atom. The van der Waals surface area contributed by atoms with E-state index in [1.807, 2.05) is 146 Å². The lowest BCUT2D eigenvalue weighted by Gasteiger charge is -2.37. The maximum Gasteiger partial charge on any atom is 0.340 e. The van der Waals surface area contributed by atoms with E-state index in [4.69, 9.17) is 14.2 Å². The number of anilines is 4. The highest BCUT2D eigenvalue weighted by atomic mass is 16.5. The number of benzene rings is 7. The molecule has 8 nitrogen and oxygen atoms in total. The molecule has 1 saturated heterocycles. The third-order valence-electron chi connectivity index (χ3n) is 11.2. The van der Waals surface area contributed by atoms with Crippen molar-refractivity contribution in [2.24, 2.45) is 0 Å². The quantitative estimate of drug-likeness (QED) is 0.135. The summed E-state index contributed by atoms with van der Waals surface area (Å²) in [5, 5.41) is 1.94. The molecule has 292 valence electrons. The fourth-order valence-corrected chi connectivity index (χ4v) is 8.20. The number of rotatable bonds is 9. The lowest BCUT2D eigenvalue weighted by molar-refractivity contribution is -0.122. The molecule has 0 spiro atoms. The fourth-order valence-electron chi connectivity index (χ4n) is 8.20. The van der Waals surface area contributed by atoms with Crippen LogP contribution in [0.25, 0.3) is 39.1 Å². The molecule has 0 bridgehead atoms. The average Bonchev–Trinajstić information content (AvgIpc) is 3.31. The van der Waals surface area contributed by atoms with Crippen LogP contribution in [0.15, 0.2) is 164 Å². The first-order valence-corrected chi connectivity index (χ1v) is 19.8. The van der Waals surface area contributed by atoms with E-state index >= 15 is 4.79 Å². The number of hydrogen-bond acceptors (Lipinski definition) is 7. The topological polar surface area (TPSA) is 71.6 Å². The Kier molecular flexibility index (Phi) is 10.3. The van der Waals surface area contributed by atoms with E-state index in [9.17, 15) is 4.79 Å². The molecule has 0 N–H and O–H groups in total. The Labute approximate surface area is 344 Å². The average molecular weight is 778 g/mol. The Morgan fingerprint density at radius 3 is 1.90 bits per heavy atom. The number of esters is 1. The van der Waals surface area contributed by atoms with Gasteiger partial charge in [-0.3, -0.25) is 9.69 Å².